The van der Waals surface area contributed by atoms with E-state index in [1.807, 2.05) is 0 Å². The van der Waals surface area contributed by atoms with Gasteiger partial charge in [0.1, 0.15) is 0 Å². The zero-order valence-electron chi connectivity index (χ0n) is 24.8. The molecule has 0 radical (unpaired) electrons. The van der Waals surface area contributed by atoms with Gasteiger partial charge < -0.3 is 24.1 Å². The Hall–Kier alpha value is -0.733. The molecule has 6 nitrogen and oxygen atoms in total. The highest BCUT2D eigenvalue weighted by Crippen LogP contribution is 2.45. The SMILES string of the molecule is CC(C)(C)[Si](C)(C)OC(CC[C@H]1C(OC2CCCCO2)C[C@H](O)[C@@H]1C/C=C\CCCC(=O)O)C1CCCC1. The van der Waals surface area contributed by atoms with Gasteiger partial charge in [0.25, 0.3) is 0 Å². The number of carbonyl (C=O) groups is 1. The number of unbranched alkanes of at least 4 members (excludes halogenated alkanes) is 1. The van der Waals surface area contributed by atoms with Crippen LogP contribution in [0.1, 0.15) is 111 Å². The van der Waals surface area contributed by atoms with Crippen LogP contribution in [0.4, 0.5) is 0 Å². The van der Waals surface area contributed by atoms with Gasteiger partial charge in [-0.3, -0.25) is 4.79 Å². The molecule has 3 fully saturated rings. The number of aliphatic carboxylic acids is 1. The van der Waals surface area contributed by atoms with E-state index in [9.17, 15) is 9.90 Å². The Morgan fingerprint density at radius 2 is 1.79 bits per heavy atom. The summed E-state index contributed by atoms with van der Waals surface area (Å²) in [5.41, 5.74) is 0. The normalized spacial score (nSPS) is 30.3. The minimum Gasteiger partial charge on any atom is -0.481 e. The monoisotopic (exact) mass is 552 g/mol. The highest BCUT2D eigenvalue weighted by atomic mass is 28.4. The van der Waals surface area contributed by atoms with Crippen molar-refractivity contribution < 1.29 is 28.9 Å². The molecule has 3 aliphatic rings. The van der Waals surface area contributed by atoms with Crippen LogP contribution in [0.25, 0.3) is 0 Å². The molecule has 0 aromatic heterocycles. The second-order valence-corrected chi connectivity index (χ2v) is 18.4. The standard InChI is InChI=1S/C31H56O6Si/c1-31(2,3)38(4,5)37-27(23-14-10-11-15-23)20-19-25-24(16-8-6-7-9-17-29(33)34)26(32)22-28(25)36-30-18-12-13-21-35-30/h6,8,23-28,30,32H,7,9-22H2,1-5H3,(H,33,34)/b8-6-/t24-,25-,26+,27?,28?,30?/m1/s1. The van der Waals surface area contributed by atoms with E-state index in [4.69, 9.17) is 19.0 Å². The van der Waals surface area contributed by atoms with Gasteiger partial charge in [0.05, 0.1) is 12.2 Å². The first-order chi connectivity index (χ1) is 18.0. The van der Waals surface area contributed by atoms with Gasteiger partial charge in [0.2, 0.25) is 0 Å². The van der Waals surface area contributed by atoms with Crippen LogP contribution in [-0.4, -0.2) is 55.7 Å². The van der Waals surface area contributed by atoms with Crippen molar-refractivity contribution in [1.29, 1.82) is 0 Å². The third-order valence-electron chi connectivity index (χ3n) is 9.76. The Balaban J connectivity index is 1.69. The Morgan fingerprint density at radius 3 is 2.42 bits per heavy atom. The largest absolute Gasteiger partial charge is 0.481 e. The third-order valence-corrected chi connectivity index (χ3v) is 14.3. The van der Waals surface area contributed by atoms with E-state index < -0.39 is 14.3 Å². The molecule has 0 aromatic rings. The summed E-state index contributed by atoms with van der Waals surface area (Å²) in [4.78, 5) is 10.8. The van der Waals surface area contributed by atoms with Crippen LogP contribution in [0.3, 0.4) is 0 Å². The molecule has 7 heteroatoms. The van der Waals surface area contributed by atoms with Crippen molar-refractivity contribution in [2.75, 3.05) is 6.61 Å². The first-order valence-electron chi connectivity index (χ1n) is 15.5. The van der Waals surface area contributed by atoms with E-state index in [1.165, 1.54) is 25.7 Å². The summed E-state index contributed by atoms with van der Waals surface area (Å²) >= 11 is 0. The Kier molecular flexibility index (Phi) is 12.4. The molecule has 1 saturated heterocycles. The summed E-state index contributed by atoms with van der Waals surface area (Å²) in [6.45, 7) is 12.5. The molecule has 220 valence electrons. The van der Waals surface area contributed by atoms with Crippen LogP contribution < -0.4 is 0 Å². The molecule has 3 rings (SSSR count). The molecule has 1 heterocycles. The highest BCUT2D eigenvalue weighted by molar-refractivity contribution is 6.74. The van der Waals surface area contributed by atoms with Gasteiger partial charge in [-0.2, -0.15) is 0 Å². The Bertz CT molecular complexity index is 735. The number of hydrogen-bond donors (Lipinski definition) is 2. The van der Waals surface area contributed by atoms with Gasteiger partial charge in [-0.15, -0.1) is 0 Å². The van der Waals surface area contributed by atoms with Gasteiger partial charge in [-0.25, -0.2) is 0 Å². The van der Waals surface area contributed by atoms with Gasteiger partial charge in [0, 0.05) is 25.6 Å². The zero-order chi connectivity index (χ0) is 27.8. The van der Waals surface area contributed by atoms with Crippen molar-refractivity contribution in [3.05, 3.63) is 12.2 Å². The molecule has 0 bridgehead atoms. The van der Waals surface area contributed by atoms with Crippen LogP contribution >= 0.6 is 0 Å². The predicted octanol–water partition coefficient (Wildman–Crippen LogP) is 7.46. The maximum atomic E-state index is 11.1. The van der Waals surface area contributed by atoms with Crippen molar-refractivity contribution >= 4 is 14.3 Å². The maximum absolute atomic E-state index is 11.1. The first-order valence-corrected chi connectivity index (χ1v) is 18.4. The average molecular weight is 553 g/mol. The summed E-state index contributed by atoms with van der Waals surface area (Å²) in [5, 5.41) is 20.2. The van der Waals surface area contributed by atoms with Crippen molar-refractivity contribution in [2.45, 2.75) is 153 Å². The molecule has 2 N–H and O–H groups in total. The quantitative estimate of drug-likeness (QED) is 0.132. The van der Waals surface area contributed by atoms with Crippen LogP contribution in [0.2, 0.25) is 18.1 Å². The van der Waals surface area contributed by atoms with Crippen molar-refractivity contribution in [3.8, 4) is 0 Å². The molecular weight excluding hydrogens is 496 g/mol. The lowest BCUT2D eigenvalue weighted by atomic mass is 9.84. The minimum absolute atomic E-state index is 0.00982. The number of ether oxygens (including phenoxy) is 2. The number of carboxylic acids is 1. The predicted molar refractivity (Wildman–Crippen MR) is 155 cm³/mol. The fraction of sp³-hybridized carbons (Fsp3) is 0.903. The molecule has 2 aliphatic carbocycles. The summed E-state index contributed by atoms with van der Waals surface area (Å²) in [7, 11) is -1.89. The smallest absolute Gasteiger partial charge is 0.303 e. The number of carboxylic acid groups (broad SMARTS) is 1. The van der Waals surface area contributed by atoms with Crippen LogP contribution in [0, 0.1) is 17.8 Å². The lowest BCUT2D eigenvalue weighted by Gasteiger charge is -2.41. The van der Waals surface area contributed by atoms with Crippen LogP contribution in [-0.2, 0) is 18.7 Å². The first kappa shape index (κ1) is 31.8. The van der Waals surface area contributed by atoms with Crippen LogP contribution in [0.15, 0.2) is 12.2 Å². The number of aliphatic hydroxyl groups is 1. The number of rotatable bonds is 14. The molecular formula is C31H56O6Si. The number of hydrogen-bond acceptors (Lipinski definition) is 5. The molecule has 0 aromatic carbocycles. The second kappa shape index (κ2) is 14.8. The second-order valence-electron chi connectivity index (χ2n) is 13.6. The zero-order valence-corrected chi connectivity index (χ0v) is 25.8. The van der Waals surface area contributed by atoms with Gasteiger partial charge in [-0.1, -0.05) is 45.8 Å². The van der Waals surface area contributed by atoms with Crippen molar-refractivity contribution in [3.63, 3.8) is 0 Å². The van der Waals surface area contributed by atoms with Gasteiger partial charge in [0.15, 0.2) is 14.6 Å². The topological polar surface area (TPSA) is 85.2 Å². The summed E-state index contributed by atoms with van der Waals surface area (Å²) in [6, 6.07) is 0. The molecule has 2 saturated carbocycles. The van der Waals surface area contributed by atoms with Crippen molar-refractivity contribution in [1.82, 2.24) is 0 Å². The lowest BCUT2D eigenvalue weighted by molar-refractivity contribution is -0.196. The minimum atomic E-state index is -1.89. The number of aliphatic hydroxyl groups excluding tert-OH is 1. The Labute approximate surface area is 233 Å². The maximum Gasteiger partial charge on any atom is 0.303 e. The fourth-order valence-electron chi connectivity index (χ4n) is 6.42. The van der Waals surface area contributed by atoms with E-state index in [-0.39, 0.29) is 47.9 Å². The van der Waals surface area contributed by atoms with E-state index in [0.29, 0.717) is 18.8 Å². The summed E-state index contributed by atoms with van der Waals surface area (Å²) in [6.07, 6.45) is 17.5. The van der Waals surface area contributed by atoms with Crippen LogP contribution in [0.5, 0.6) is 0 Å². The molecule has 3 unspecified atom stereocenters. The average Bonchev–Trinajstić information content (AvgIpc) is 3.47. The fourth-order valence-corrected chi connectivity index (χ4v) is 7.85. The van der Waals surface area contributed by atoms with Crippen molar-refractivity contribution in [2.24, 2.45) is 17.8 Å². The highest BCUT2D eigenvalue weighted by Gasteiger charge is 2.45. The van der Waals surface area contributed by atoms with Gasteiger partial charge in [-0.05, 0) is 100 Å². The van der Waals surface area contributed by atoms with E-state index >= 15 is 0 Å². The Morgan fingerprint density at radius 1 is 1.08 bits per heavy atom. The van der Waals surface area contributed by atoms with E-state index in [0.717, 1.165) is 51.6 Å². The van der Waals surface area contributed by atoms with E-state index in [1.54, 1.807) is 0 Å². The summed E-state index contributed by atoms with van der Waals surface area (Å²) in [5.74, 6) is 0.318. The van der Waals surface area contributed by atoms with E-state index in [2.05, 4.69) is 46.0 Å². The molecule has 6 atom stereocenters. The molecule has 38 heavy (non-hydrogen) atoms. The summed E-state index contributed by atoms with van der Waals surface area (Å²) < 4.78 is 19.6. The number of allylic oxidation sites excluding steroid dienone is 2. The lowest BCUT2D eigenvalue weighted by Crippen LogP contribution is -2.45. The molecule has 0 spiro atoms. The molecule has 1 aliphatic heterocycles. The van der Waals surface area contributed by atoms with Gasteiger partial charge >= 0.3 is 5.97 Å². The third kappa shape index (κ3) is 9.43. The molecule has 0 amide bonds.